The van der Waals surface area contributed by atoms with Crippen molar-refractivity contribution in [2.75, 3.05) is 29.4 Å². The van der Waals surface area contributed by atoms with Crippen LogP contribution in [0.2, 0.25) is 0 Å². The fourth-order valence-electron chi connectivity index (χ4n) is 4.57. The molecule has 0 aliphatic carbocycles. The third-order valence-electron chi connectivity index (χ3n) is 6.41. The molecule has 3 aromatic heterocycles. The molecule has 0 aromatic carbocycles. The Kier molecular flexibility index (Phi) is 5.32. The maximum atomic E-state index is 13.2. The molecule has 0 radical (unpaired) electrons. The molecule has 5 rings (SSSR count). The summed E-state index contributed by atoms with van der Waals surface area (Å²) in [6.45, 7) is -0.319. The molecule has 1 spiro atoms. The third kappa shape index (κ3) is 4.34. The predicted octanol–water partition coefficient (Wildman–Crippen LogP) is 3.22. The van der Waals surface area contributed by atoms with E-state index in [2.05, 4.69) is 25.0 Å². The van der Waals surface area contributed by atoms with E-state index in [9.17, 15) is 31.1 Å². The molecule has 2 saturated heterocycles. The number of alkyl halides is 6. The Balaban J connectivity index is 1.31. The first-order valence-electron chi connectivity index (χ1n) is 10.7. The lowest BCUT2D eigenvalue weighted by atomic mass is 9.77. The quantitative estimate of drug-likeness (QED) is 0.510. The molecule has 3 aromatic rings. The predicted molar refractivity (Wildman–Crippen MR) is 109 cm³/mol. The molecule has 186 valence electrons. The Morgan fingerprint density at radius 3 is 2.29 bits per heavy atom. The van der Waals surface area contributed by atoms with Crippen molar-refractivity contribution in [1.82, 2.24) is 29.7 Å². The molecule has 0 saturated carbocycles. The molecular formula is C20H18F6N8O. The minimum Gasteiger partial charge on any atom is -0.355 e. The van der Waals surface area contributed by atoms with Crippen molar-refractivity contribution in [3.63, 3.8) is 0 Å². The number of amides is 1. The van der Waals surface area contributed by atoms with E-state index < -0.39 is 30.0 Å². The Hall–Kier alpha value is -3.52. The lowest BCUT2D eigenvalue weighted by Crippen LogP contribution is -2.45. The van der Waals surface area contributed by atoms with Gasteiger partial charge < -0.3 is 4.90 Å². The van der Waals surface area contributed by atoms with Crippen LogP contribution >= 0.6 is 0 Å². The van der Waals surface area contributed by atoms with Gasteiger partial charge in [0.2, 0.25) is 5.91 Å². The van der Waals surface area contributed by atoms with E-state index >= 15 is 0 Å². The minimum atomic E-state index is -4.67. The van der Waals surface area contributed by atoms with Crippen LogP contribution in [0.15, 0.2) is 24.8 Å². The smallest absolute Gasteiger partial charge is 0.355 e. The Labute approximate surface area is 193 Å². The molecule has 2 aliphatic heterocycles. The number of hydrogen-bond donors (Lipinski definition) is 0. The van der Waals surface area contributed by atoms with E-state index in [0.717, 1.165) is 10.9 Å². The Morgan fingerprint density at radius 1 is 0.886 bits per heavy atom. The zero-order valence-electron chi connectivity index (χ0n) is 18.0. The number of piperidine rings is 1. The maximum Gasteiger partial charge on any atom is 0.434 e. The summed E-state index contributed by atoms with van der Waals surface area (Å²) in [6.07, 6.45) is -3.49. The normalized spacial score (nSPS) is 18.7. The lowest BCUT2D eigenvalue weighted by molar-refractivity contribution is -0.142. The summed E-state index contributed by atoms with van der Waals surface area (Å²) in [6, 6.07) is 0. The highest BCUT2D eigenvalue weighted by Gasteiger charge is 2.49. The van der Waals surface area contributed by atoms with Crippen LogP contribution in [0, 0.1) is 5.41 Å². The summed E-state index contributed by atoms with van der Waals surface area (Å²) in [5.74, 6) is -0.0868. The number of fused-ring (bicyclic) bond motifs is 1. The highest BCUT2D eigenvalue weighted by atomic mass is 19.4. The highest BCUT2D eigenvalue weighted by molar-refractivity contribution is 5.99. The van der Waals surface area contributed by atoms with Gasteiger partial charge in [-0.25, -0.2) is 19.6 Å². The van der Waals surface area contributed by atoms with Gasteiger partial charge in [-0.1, -0.05) is 0 Å². The zero-order valence-corrected chi connectivity index (χ0v) is 18.0. The van der Waals surface area contributed by atoms with Crippen molar-refractivity contribution in [3.05, 3.63) is 30.5 Å². The summed E-state index contributed by atoms with van der Waals surface area (Å²) < 4.78 is 78.2. The average Bonchev–Trinajstić information content (AvgIpc) is 3.33. The second-order valence-electron chi connectivity index (χ2n) is 8.59. The Bertz CT molecular complexity index is 1260. The van der Waals surface area contributed by atoms with Crippen LogP contribution in [0.3, 0.4) is 0 Å². The van der Waals surface area contributed by atoms with Gasteiger partial charge >= 0.3 is 12.4 Å². The van der Waals surface area contributed by atoms with Crippen molar-refractivity contribution >= 4 is 28.7 Å². The van der Waals surface area contributed by atoms with Crippen LogP contribution in [0.1, 0.15) is 25.0 Å². The van der Waals surface area contributed by atoms with Crippen molar-refractivity contribution in [2.45, 2.75) is 38.2 Å². The van der Waals surface area contributed by atoms with Gasteiger partial charge in [0.05, 0.1) is 30.2 Å². The van der Waals surface area contributed by atoms with Gasteiger partial charge in [-0.3, -0.25) is 14.7 Å². The Morgan fingerprint density at radius 2 is 1.60 bits per heavy atom. The van der Waals surface area contributed by atoms with Crippen LogP contribution in [0.4, 0.5) is 38.0 Å². The number of carbonyl (C=O) groups is 1. The van der Waals surface area contributed by atoms with Crippen molar-refractivity contribution < 1.29 is 31.1 Å². The van der Waals surface area contributed by atoms with Crippen LogP contribution < -0.4 is 9.80 Å². The summed E-state index contributed by atoms with van der Waals surface area (Å²) >= 11 is 0. The van der Waals surface area contributed by atoms with Gasteiger partial charge in [-0.05, 0) is 19.3 Å². The summed E-state index contributed by atoms with van der Waals surface area (Å²) in [5, 5.41) is 3.71. The van der Waals surface area contributed by atoms with E-state index in [1.165, 1.54) is 17.3 Å². The molecule has 0 atom stereocenters. The molecule has 0 bridgehead atoms. The third-order valence-corrected chi connectivity index (χ3v) is 6.41. The highest BCUT2D eigenvalue weighted by Crippen LogP contribution is 2.43. The largest absolute Gasteiger partial charge is 0.434 e. The summed E-state index contributed by atoms with van der Waals surface area (Å²) in [5.41, 5.74) is -1.69. The monoisotopic (exact) mass is 500 g/mol. The second kappa shape index (κ2) is 8.02. The topological polar surface area (TPSA) is 92.9 Å². The number of hydrogen-bond acceptors (Lipinski definition) is 7. The second-order valence-corrected chi connectivity index (χ2v) is 8.59. The molecule has 0 unspecified atom stereocenters. The van der Waals surface area contributed by atoms with E-state index in [4.69, 9.17) is 0 Å². The molecule has 0 N–H and O–H groups in total. The zero-order chi connectivity index (χ0) is 25.0. The van der Waals surface area contributed by atoms with E-state index in [-0.39, 0.29) is 29.4 Å². The summed E-state index contributed by atoms with van der Waals surface area (Å²) in [4.78, 5) is 31.9. The molecule has 35 heavy (non-hydrogen) atoms. The molecule has 2 fully saturated rings. The number of rotatable bonds is 3. The van der Waals surface area contributed by atoms with Crippen LogP contribution in [0.5, 0.6) is 0 Å². The maximum absolute atomic E-state index is 13.2. The standard InChI is InChI=1S/C20H18F6N8O/c21-19(22,23)11-34-16-12(7-29-34)28-10-14(31-16)32-4-1-18(2-5-32)3-6-33(17(18)35)15-9-27-8-13(30-15)20(24,25)26/h7-10H,1-6,11H2. The van der Waals surface area contributed by atoms with Gasteiger partial charge in [0.1, 0.15) is 17.9 Å². The van der Waals surface area contributed by atoms with Gasteiger partial charge in [0.15, 0.2) is 17.2 Å². The lowest BCUT2D eigenvalue weighted by Gasteiger charge is -2.38. The van der Waals surface area contributed by atoms with E-state index in [1.807, 2.05) is 4.90 Å². The first-order valence-corrected chi connectivity index (χ1v) is 10.7. The van der Waals surface area contributed by atoms with Crippen LogP contribution in [0.25, 0.3) is 11.2 Å². The number of halogens is 6. The first kappa shape index (κ1) is 23.2. The molecule has 15 heteroatoms. The fraction of sp³-hybridized carbons (Fsp3) is 0.500. The van der Waals surface area contributed by atoms with Gasteiger partial charge in [0, 0.05) is 19.6 Å². The number of anilines is 2. The minimum absolute atomic E-state index is 0.00588. The van der Waals surface area contributed by atoms with Gasteiger partial charge in [0.25, 0.3) is 0 Å². The van der Waals surface area contributed by atoms with E-state index in [0.29, 0.717) is 44.4 Å². The van der Waals surface area contributed by atoms with E-state index in [1.54, 1.807) is 0 Å². The number of aromatic nitrogens is 6. The summed E-state index contributed by atoms with van der Waals surface area (Å²) in [7, 11) is 0. The van der Waals surface area contributed by atoms with Crippen molar-refractivity contribution in [2.24, 2.45) is 5.41 Å². The molecule has 9 nitrogen and oxygen atoms in total. The first-order chi connectivity index (χ1) is 16.5. The van der Waals surface area contributed by atoms with Gasteiger partial charge in [-0.2, -0.15) is 31.4 Å². The molecule has 5 heterocycles. The molecule has 1 amide bonds. The SMILES string of the molecule is O=C1N(c2cncc(C(F)(F)F)n2)CCC12CCN(c1cnc3cnn(CC(F)(F)F)c3n1)CC2. The average molecular weight is 500 g/mol. The van der Waals surface area contributed by atoms with Crippen LogP contribution in [-0.2, 0) is 17.5 Å². The molecule has 2 aliphatic rings. The van der Waals surface area contributed by atoms with Crippen molar-refractivity contribution in [1.29, 1.82) is 0 Å². The fourth-order valence-corrected chi connectivity index (χ4v) is 4.57. The van der Waals surface area contributed by atoms with Crippen LogP contribution in [-0.4, -0.2) is 61.4 Å². The van der Waals surface area contributed by atoms with Crippen molar-refractivity contribution in [3.8, 4) is 0 Å². The molecular weight excluding hydrogens is 482 g/mol. The number of carbonyl (C=O) groups excluding carboxylic acids is 1. The van der Waals surface area contributed by atoms with Gasteiger partial charge in [-0.15, -0.1) is 0 Å². The number of nitrogens with zero attached hydrogens (tertiary/aromatic N) is 8.